The van der Waals surface area contributed by atoms with Crippen LogP contribution in [0.3, 0.4) is 0 Å². The van der Waals surface area contributed by atoms with E-state index in [0.29, 0.717) is 5.69 Å². The van der Waals surface area contributed by atoms with Crippen LogP contribution in [-0.2, 0) is 6.42 Å². The first-order valence-electron chi connectivity index (χ1n) is 8.43. The van der Waals surface area contributed by atoms with E-state index in [9.17, 15) is 0 Å². The number of ether oxygens (including phenoxy) is 1. The summed E-state index contributed by atoms with van der Waals surface area (Å²) in [4.78, 5) is 8.61. The zero-order chi connectivity index (χ0) is 17.9. The Morgan fingerprint density at radius 3 is 2.72 bits per heavy atom. The number of fused-ring (bicyclic) bond motifs is 1. The molecule has 0 saturated heterocycles. The predicted molar refractivity (Wildman–Crippen MR) is 103 cm³/mol. The molecule has 0 atom stereocenters. The summed E-state index contributed by atoms with van der Waals surface area (Å²) in [5.74, 6) is 1.70. The van der Waals surface area contributed by atoms with Crippen molar-refractivity contribution >= 4 is 22.4 Å². The lowest BCUT2D eigenvalue weighted by molar-refractivity contribution is 0.131. The summed E-state index contributed by atoms with van der Waals surface area (Å²) in [7, 11) is 0. The Morgan fingerprint density at radius 2 is 1.92 bits per heavy atom. The molecule has 0 aliphatic rings. The van der Waals surface area contributed by atoms with E-state index in [2.05, 4.69) is 27.4 Å². The van der Waals surface area contributed by atoms with Crippen LogP contribution < -0.4 is 15.8 Å². The largest absolute Gasteiger partial charge is 0.488 e. The Balaban J connectivity index is 1.67. The number of nitrogens with one attached hydrogen (secondary N) is 1. The quantitative estimate of drug-likeness (QED) is 0.688. The van der Waals surface area contributed by atoms with Crippen molar-refractivity contribution < 1.29 is 4.74 Å². The molecule has 3 rings (SSSR count). The topological polar surface area (TPSA) is 73.1 Å². The molecule has 0 amide bonds. The molecule has 0 unspecified atom stereocenters. The van der Waals surface area contributed by atoms with Crippen molar-refractivity contribution in [2.75, 3.05) is 17.6 Å². The van der Waals surface area contributed by atoms with E-state index in [1.807, 2.05) is 51.1 Å². The van der Waals surface area contributed by atoms with Crippen molar-refractivity contribution in [3.05, 3.63) is 54.4 Å². The highest BCUT2D eigenvalue weighted by Crippen LogP contribution is 2.22. The molecule has 3 aromatic rings. The molecule has 1 heterocycles. The third kappa shape index (κ3) is 4.59. The molecule has 0 aliphatic heterocycles. The molecule has 0 bridgehead atoms. The van der Waals surface area contributed by atoms with Crippen LogP contribution in [0.25, 0.3) is 10.9 Å². The van der Waals surface area contributed by atoms with E-state index >= 15 is 0 Å². The van der Waals surface area contributed by atoms with Gasteiger partial charge in [0, 0.05) is 17.6 Å². The third-order valence-electron chi connectivity index (χ3n) is 3.69. The van der Waals surface area contributed by atoms with Crippen molar-refractivity contribution in [3.8, 4) is 5.75 Å². The summed E-state index contributed by atoms with van der Waals surface area (Å²) in [6.07, 6.45) is 2.44. The van der Waals surface area contributed by atoms with Crippen LogP contribution >= 0.6 is 0 Å². The Hall–Kier alpha value is -2.82. The number of benzene rings is 2. The molecule has 0 saturated carbocycles. The van der Waals surface area contributed by atoms with Gasteiger partial charge >= 0.3 is 0 Å². The van der Waals surface area contributed by atoms with Crippen molar-refractivity contribution in [3.63, 3.8) is 0 Å². The van der Waals surface area contributed by atoms with Crippen molar-refractivity contribution in [1.29, 1.82) is 0 Å². The molecule has 5 nitrogen and oxygen atoms in total. The van der Waals surface area contributed by atoms with E-state index < -0.39 is 0 Å². The van der Waals surface area contributed by atoms with Crippen LogP contribution in [0.15, 0.2) is 48.8 Å². The second-order valence-corrected chi connectivity index (χ2v) is 7.04. The third-order valence-corrected chi connectivity index (χ3v) is 3.69. The number of hydrogen-bond acceptors (Lipinski definition) is 5. The van der Waals surface area contributed by atoms with E-state index in [1.54, 1.807) is 6.33 Å². The molecule has 0 spiro atoms. The van der Waals surface area contributed by atoms with Gasteiger partial charge in [0.1, 0.15) is 23.5 Å². The number of aromatic nitrogens is 2. The van der Waals surface area contributed by atoms with Gasteiger partial charge in [-0.05, 0) is 63.1 Å². The SMILES string of the molecule is CC(C)(C)Oc1cccc(CCNc2ncnc3ccc(N)cc23)c1. The zero-order valence-electron chi connectivity index (χ0n) is 14.9. The van der Waals surface area contributed by atoms with Gasteiger partial charge in [-0.25, -0.2) is 9.97 Å². The van der Waals surface area contributed by atoms with Gasteiger partial charge in [-0.1, -0.05) is 12.1 Å². The molecule has 0 fully saturated rings. The smallest absolute Gasteiger partial charge is 0.137 e. The van der Waals surface area contributed by atoms with E-state index in [1.165, 1.54) is 5.56 Å². The van der Waals surface area contributed by atoms with E-state index in [0.717, 1.165) is 35.4 Å². The Kier molecular flexibility index (Phi) is 4.74. The van der Waals surface area contributed by atoms with Crippen LogP contribution in [0.2, 0.25) is 0 Å². The van der Waals surface area contributed by atoms with E-state index in [4.69, 9.17) is 10.5 Å². The number of anilines is 2. The van der Waals surface area contributed by atoms with Crippen LogP contribution in [0.5, 0.6) is 5.75 Å². The maximum atomic E-state index is 5.92. The Morgan fingerprint density at radius 1 is 1.08 bits per heavy atom. The number of nitrogens with two attached hydrogens (primary N) is 1. The van der Waals surface area contributed by atoms with Crippen molar-refractivity contribution in [1.82, 2.24) is 9.97 Å². The highest BCUT2D eigenvalue weighted by molar-refractivity contribution is 5.91. The number of hydrogen-bond donors (Lipinski definition) is 2. The molecule has 3 N–H and O–H groups in total. The number of rotatable bonds is 5. The molecule has 0 radical (unpaired) electrons. The van der Waals surface area contributed by atoms with Gasteiger partial charge in [-0.2, -0.15) is 0 Å². The summed E-state index contributed by atoms with van der Waals surface area (Å²) < 4.78 is 5.92. The second-order valence-electron chi connectivity index (χ2n) is 7.04. The molecular formula is C20H24N4O. The average molecular weight is 336 g/mol. The lowest BCUT2D eigenvalue weighted by Gasteiger charge is -2.21. The summed E-state index contributed by atoms with van der Waals surface area (Å²) in [5, 5.41) is 4.32. The summed E-state index contributed by atoms with van der Waals surface area (Å²) in [6.45, 7) is 6.91. The highest BCUT2D eigenvalue weighted by atomic mass is 16.5. The minimum atomic E-state index is -0.198. The predicted octanol–water partition coefficient (Wildman–Crippen LogP) is 4.04. The highest BCUT2D eigenvalue weighted by Gasteiger charge is 2.11. The molecule has 130 valence electrons. The zero-order valence-corrected chi connectivity index (χ0v) is 14.9. The number of nitrogens with zero attached hydrogens (tertiary/aromatic N) is 2. The minimum absolute atomic E-state index is 0.198. The van der Waals surface area contributed by atoms with Crippen LogP contribution in [-0.4, -0.2) is 22.1 Å². The van der Waals surface area contributed by atoms with Gasteiger partial charge in [-0.15, -0.1) is 0 Å². The van der Waals surface area contributed by atoms with Crippen molar-refractivity contribution in [2.24, 2.45) is 0 Å². The Labute approximate surface area is 148 Å². The van der Waals surface area contributed by atoms with Gasteiger partial charge in [0.05, 0.1) is 5.52 Å². The maximum absolute atomic E-state index is 5.92. The lowest BCUT2D eigenvalue weighted by atomic mass is 10.1. The summed E-state index contributed by atoms with van der Waals surface area (Å²) in [6, 6.07) is 13.9. The fourth-order valence-electron chi connectivity index (χ4n) is 2.66. The second kappa shape index (κ2) is 6.97. The molecule has 25 heavy (non-hydrogen) atoms. The fourth-order valence-corrected chi connectivity index (χ4v) is 2.66. The van der Waals surface area contributed by atoms with Gasteiger partial charge in [0.15, 0.2) is 0 Å². The fraction of sp³-hybridized carbons (Fsp3) is 0.300. The van der Waals surface area contributed by atoms with Gasteiger partial charge in [0.2, 0.25) is 0 Å². The average Bonchev–Trinajstić information content (AvgIpc) is 2.54. The first-order chi connectivity index (χ1) is 11.9. The monoisotopic (exact) mass is 336 g/mol. The van der Waals surface area contributed by atoms with Crippen LogP contribution in [0.4, 0.5) is 11.5 Å². The molecule has 0 aliphatic carbocycles. The standard InChI is InChI=1S/C20H24N4O/c1-20(2,3)25-16-6-4-5-14(11-16)9-10-22-19-17-12-15(21)7-8-18(17)23-13-24-19/h4-8,11-13H,9-10,21H2,1-3H3,(H,22,23,24). The first kappa shape index (κ1) is 17.0. The minimum Gasteiger partial charge on any atom is -0.488 e. The van der Waals surface area contributed by atoms with Crippen LogP contribution in [0, 0.1) is 0 Å². The summed E-state index contributed by atoms with van der Waals surface area (Å²) >= 11 is 0. The van der Waals surface area contributed by atoms with Gasteiger partial charge in [0.25, 0.3) is 0 Å². The van der Waals surface area contributed by atoms with Gasteiger partial charge < -0.3 is 15.8 Å². The van der Waals surface area contributed by atoms with Crippen molar-refractivity contribution in [2.45, 2.75) is 32.8 Å². The first-order valence-corrected chi connectivity index (χ1v) is 8.43. The molecule has 5 heteroatoms. The number of nitrogen functional groups attached to an aromatic ring is 1. The summed E-state index contributed by atoms with van der Waals surface area (Å²) in [5.41, 5.74) is 8.49. The lowest BCUT2D eigenvalue weighted by Crippen LogP contribution is -2.23. The van der Waals surface area contributed by atoms with E-state index in [-0.39, 0.29) is 5.60 Å². The Bertz CT molecular complexity index is 871. The van der Waals surface area contributed by atoms with Crippen LogP contribution in [0.1, 0.15) is 26.3 Å². The maximum Gasteiger partial charge on any atom is 0.137 e. The van der Waals surface area contributed by atoms with Gasteiger partial charge in [-0.3, -0.25) is 0 Å². The molecular weight excluding hydrogens is 312 g/mol. The molecule has 2 aromatic carbocycles. The normalized spacial score (nSPS) is 11.5. The molecule has 1 aromatic heterocycles.